The van der Waals surface area contributed by atoms with Crippen molar-refractivity contribution in [1.29, 1.82) is 0 Å². The maximum absolute atomic E-state index is 12.2. The lowest BCUT2D eigenvalue weighted by atomic mass is 10.2. The lowest BCUT2D eigenvalue weighted by molar-refractivity contribution is 0.0663. The van der Waals surface area contributed by atoms with E-state index in [4.69, 9.17) is 0 Å². The van der Waals surface area contributed by atoms with E-state index in [1.807, 2.05) is 18.0 Å². The molecule has 0 unspecified atom stereocenters. The van der Waals surface area contributed by atoms with Crippen LogP contribution in [0.2, 0.25) is 0 Å². The zero-order chi connectivity index (χ0) is 13.7. The van der Waals surface area contributed by atoms with E-state index in [-0.39, 0.29) is 5.91 Å². The van der Waals surface area contributed by atoms with Crippen molar-refractivity contribution in [3.8, 4) is 0 Å². The van der Waals surface area contributed by atoms with Gasteiger partial charge in [-0.15, -0.1) is 0 Å². The first kappa shape index (κ1) is 13.8. The van der Waals surface area contributed by atoms with Crippen LogP contribution in [0, 0.1) is 0 Å². The topological polar surface area (TPSA) is 60.5 Å². The Morgan fingerprint density at radius 1 is 1.37 bits per heavy atom. The second-order valence-electron chi connectivity index (χ2n) is 4.68. The highest BCUT2D eigenvalue weighted by atomic mass is 16.2. The summed E-state index contributed by atoms with van der Waals surface area (Å²) >= 11 is 0. The second kappa shape index (κ2) is 6.49. The average Bonchev–Trinajstić information content (AvgIpc) is 2.42. The van der Waals surface area contributed by atoms with Gasteiger partial charge in [0.2, 0.25) is 0 Å². The first-order chi connectivity index (χ1) is 9.20. The minimum atomic E-state index is -0.103. The lowest BCUT2D eigenvalue weighted by Crippen LogP contribution is -2.52. The summed E-state index contributed by atoms with van der Waals surface area (Å²) in [6.45, 7) is 6.40. The standard InChI is InChI=1S/C13H21N5O/c1-3-15-12-4-5-14-10-11(12)13(19)16-18-8-6-17(2)7-9-18/h4-5,10H,3,6-9H2,1-2H3,(H,14,15)(H,16,19). The second-order valence-corrected chi connectivity index (χ2v) is 4.68. The molecule has 0 aliphatic carbocycles. The molecule has 2 N–H and O–H groups in total. The maximum Gasteiger partial charge on any atom is 0.269 e. The minimum Gasteiger partial charge on any atom is -0.385 e. The number of aromatic nitrogens is 1. The number of hydrazine groups is 1. The van der Waals surface area contributed by atoms with Gasteiger partial charge >= 0.3 is 0 Å². The van der Waals surface area contributed by atoms with Gasteiger partial charge in [-0.05, 0) is 20.0 Å². The van der Waals surface area contributed by atoms with Crippen molar-refractivity contribution in [2.24, 2.45) is 0 Å². The fourth-order valence-corrected chi connectivity index (χ4v) is 2.04. The number of likely N-dealkylation sites (N-methyl/N-ethyl adjacent to an activating group) is 1. The van der Waals surface area contributed by atoms with Gasteiger partial charge in [0.1, 0.15) is 0 Å². The van der Waals surface area contributed by atoms with Crippen molar-refractivity contribution in [2.45, 2.75) is 6.92 Å². The number of hydrogen-bond donors (Lipinski definition) is 2. The number of hydrogen-bond acceptors (Lipinski definition) is 5. The minimum absolute atomic E-state index is 0.103. The van der Waals surface area contributed by atoms with Crippen LogP contribution >= 0.6 is 0 Å². The number of nitrogens with zero attached hydrogens (tertiary/aromatic N) is 3. The third kappa shape index (κ3) is 3.65. The quantitative estimate of drug-likeness (QED) is 0.824. The molecule has 1 aliphatic heterocycles. The van der Waals surface area contributed by atoms with Crippen LogP contribution in [0.3, 0.4) is 0 Å². The molecule has 6 nitrogen and oxygen atoms in total. The molecule has 0 aromatic carbocycles. The largest absolute Gasteiger partial charge is 0.385 e. The Morgan fingerprint density at radius 3 is 2.79 bits per heavy atom. The van der Waals surface area contributed by atoms with E-state index >= 15 is 0 Å². The number of piperazine rings is 1. The number of carbonyl (C=O) groups excluding carboxylic acids is 1. The number of nitrogens with one attached hydrogen (secondary N) is 2. The molecule has 104 valence electrons. The summed E-state index contributed by atoms with van der Waals surface area (Å²) in [5.41, 5.74) is 4.35. The summed E-state index contributed by atoms with van der Waals surface area (Å²) in [6, 6.07) is 1.82. The van der Waals surface area contributed by atoms with Crippen LogP contribution in [0.4, 0.5) is 5.69 Å². The molecule has 0 radical (unpaired) electrons. The normalized spacial score (nSPS) is 17.2. The summed E-state index contributed by atoms with van der Waals surface area (Å²) in [6.07, 6.45) is 3.29. The molecule has 0 bridgehead atoms. The molecule has 1 aliphatic rings. The highest BCUT2D eigenvalue weighted by Crippen LogP contribution is 2.13. The third-order valence-corrected chi connectivity index (χ3v) is 3.20. The number of anilines is 1. The predicted molar refractivity (Wildman–Crippen MR) is 74.9 cm³/mol. The Kier molecular flexibility index (Phi) is 4.70. The summed E-state index contributed by atoms with van der Waals surface area (Å²) < 4.78 is 0. The molecule has 0 spiro atoms. The number of amides is 1. The molecule has 19 heavy (non-hydrogen) atoms. The third-order valence-electron chi connectivity index (χ3n) is 3.20. The van der Waals surface area contributed by atoms with Crippen molar-refractivity contribution in [3.63, 3.8) is 0 Å². The van der Waals surface area contributed by atoms with Gasteiger partial charge in [0.05, 0.1) is 11.3 Å². The van der Waals surface area contributed by atoms with Gasteiger partial charge in [-0.1, -0.05) is 0 Å². The average molecular weight is 263 g/mol. The SMILES string of the molecule is CCNc1ccncc1C(=O)NN1CCN(C)CC1. The highest BCUT2D eigenvalue weighted by Gasteiger charge is 2.18. The van der Waals surface area contributed by atoms with Crippen molar-refractivity contribution in [1.82, 2.24) is 20.3 Å². The van der Waals surface area contributed by atoms with E-state index in [0.717, 1.165) is 38.4 Å². The van der Waals surface area contributed by atoms with Crippen molar-refractivity contribution < 1.29 is 4.79 Å². The number of pyridine rings is 1. The van der Waals surface area contributed by atoms with E-state index in [2.05, 4.69) is 27.7 Å². The summed E-state index contributed by atoms with van der Waals surface area (Å²) in [5.74, 6) is -0.103. The van der Waals surface area contributed by atoms with Crippen LogP contribution in [0.1, 0.15) is 17.3 Å². The molecule has 2 heterocycles. The molecular formula is C13H21N5O. The van der Waals surface area contributed by atoms with Crippen molar-refractivity contribution in [2.75, 3.05) is 45.1 Å². The van der Waals surface area contributed by atoms with Crippen LogP contribution in [-0.2, 0) is 0 Å². The van der Waals surface area contributed by atoms with E-state index in [1.165, 1.54) is 0 Å². The molecule has 0 atom stereocenters. The Labute approximate surface area is 113 Å². The number of rotatable bonds is 4. The van der Waals surface area contributed by atoms with E-state index in [0.29, 0.717) is 5.56 Å². The smallest absolute Gasteiger partial charge is 0.269 e. The van der Waals surface area contributed by atoms with Crippen LogP contribution < -0.4 is 10.7 Å². The Balaban J connectivity index is 1.99. The van der Waals surface area contributed by atoms with Crippen molar-refractivity contribution in [3.05, 3.63) is 24.0 Å². The van der Waals surface area contributed by atoms with Gasteiger partial charge in [0.15, 0.2) is 0 Å². The van der Waals surface area contributed by atoms with Crippen LogP contribution in [-0.4, -0.2) is 60.6 Å². The number of carbonyl (C=O) groups is 1. The van der Waals surface area contributed by atoms with Crippen molar-refractivity contribution >= 4 is 11.6 Å². The molecule has 1 amide bonds. The van der Waals surface area contributed by atoms with E-state index < -0.39 is 0 Å². The summed E-state index contributed by atoms with van der Waals surface area (Å²) in [5, 5.41) is 5.14. The van der Waals surface area contributed by atoms with E-state index in [9.17, 15) is 4.79 Å². The van der Waals surface area contributed by atoms with Crippen LogP contribution in [0.15, 0.2) is 18.5 Å². The lowest BCUT2D eigenvalue weighted by Gasteiger charge is -2.32. The molecule has 2 rings (SSSR count). The van der Waals surface area contributed by atoms with Gasteiger partial charge in [-0.3, -0.25) is 15.2 Å². The molecule has 0 saturated carbocycles. The molecular weight excluding hydrogens is 242 g/mol. The Hall–Kier alpha value is -1.66. The molecule has 1 aromatic heterocycles. The predicted octanol–water partition coefficient (Wildman–Crippen LogP) is 0.406. The van der Waals surface area contributed by atoms with Gasteiger partial charge < -0.3 is 10.2 Å². The van der Waals surface area contributed by atoms with E-state index in [1.54, 1.807) is 12.4 Å². The van der Waals surface area contributed by atoms with Gasteiger partial charge in [-0.2, -0.15) is 0 Å². The Morgan fingerprint density at radius 2 is 2.11 bits per heavy atom. The zero-order valence-corrected chi connectivity index (χ0v) is 11.5. The summed E-state index contributed by atoms with van der Waals surface area (Å²) in [7, 11) is 2.09. The maximum atomic E-state index is 12.2. The fourth-order valence-electron chi connectivity index (χ4n) is 2.04. The first-order valence-corrected chi connectivity index (χ1v) is 6.63. The molecule has 1 saturated heterocycles. The fraction of sp³-hybridized carbons (Fsp3) is 0.538. The van der Waals surface area contributed by atoms with Crippen LogP contribution in [0.25, 0.3) is 0 Å². The van der Waals surface area contributed by atoms with Gasteiger partial charge in [0.25, 0.3) is 5.91 Å². The molecule has 1 fully saturated rings. The zero-order valence-electron chi connectivity index (χ0n) is 11.5. The summed E-state index contributed by atoms with van der Waals surface area (Å²) in [4.78, 5) is 18.5. The Bertz CT molecular complexity index is 429. The molecule has 1 aromatic rings. The van der Waals surface area contributed by atoms with Gasteiger partial charge in [0, 0.05) is 45.1 Å². The highest BCUT2D eigenvalue weighted by molar-refractivity contribution is 5.98. The first-order valence-electron chi connectivity index (χ1n) is 6.63. The monoisotopic (exact) mass is 263 g/mol. The van der Waals surface area contributed by atoms with Gasteiger partial charge in [-0.25, -0.2) is 5.01 Å². The molecule has 6 heteroatoms. The van der Waals surface area contributed by atoms with Crippen LogP contribution in [0.5, 0.6) is 0 Å².